The zero-order valence-electron chi connectivity index (χ0n) is 10.8. The molecule has 0 amide bonds. The molecule has 1 aliphatic rings. The average Bonchev–Trinajstić information content (AvgIpc) is 2.96. The fraction of sp³-hybridized carbons (Fsp3) is 0.429. The van der Waals surface area contributed by atoms with E-state index >= 15 is 0 Å². The minimum atomic E-state index is 0.116. The maximum absolute atomic E-state index is 11.6. The van der Waals surface area contributed by atoms with Crippen LogP contribution in [0.3, 0.4) is 0 Å². The molecule has 1 N–H and O–H groups in total. The number of ketones is 1. The summed E-state index contributed by atoms with van der Waals surface area (Å²) in [4.78, 5) is 19.6. The van der Waals surface area contributed by atoms with E-state index in [-0.39, 0.29) is 5.78 Å². The normalized spacial score (nSPS) is 15.1. The SMILES string of the molecule is CC(=O)c1c(C)[nH]c(-c2csc(C3CC3)n2)c1C. The van der Waals surface area contributed by atoms with Gasteiger partial charge in [-0.05, 0) is 39.2 Å². The average molecular weight is 260 g/mol. The molecule has 1 saturated carbocycles. The predicted octanol–water partition coefficient (Wildman–Crippen LogP) is 3.84. The van der Waals surface area contributed by atoms with Crippen molar-refractivity contribution in [1.82, 2.24) is 9.97 Å². The molecular weight excluding hydrogens is 244 g/mol. The fourth-order valence-corrected chi connectivity index (χ4v) is 3.44. The first-order chi connectivity index (χ1) is 8.58. The van der Waals surface area contributed by atoms with Crippen LogP contribution in [-0.2, 0) is 0 Å². The van der Waals surface area contributed by atoms with Gasteiger partial charge in [0.15, 0.2) is 5.78 Å². The Morgan fingerprint density at radius 3 is 2.72 bits per heavy atom. The summed E-state index contributed by atoms with van der Waals surface area (Å²) in [6.45, 7) is 5.55. The molecule has 0 atom stereocenters. The summed E-state index contributed by atoms with van der Waals surface area (Å²) >= 11 is 1.73. The number of carbonyl (C=O) groups is 1. The molecule has 3 nitrogen and oxygen atoms in total. The third-order valence-corrected chi connectivity index (χ3v) is 4.50. The molecule has 94 valence electrons. The minimum Gasteiger partial charge on any atom is -0.356 e. The van der Waals surface area contributed by atoms with E-state index in [1.165, 1.54) is 17.8 Å². The van der Waals surface area contributed by atoms with E-state index < -0.39 is 0 Å². The molecule has 2 aromatic rings. The summed E-state index contributed by atoms with van der Waals surface area (Å²) in [5.41, 5.74) is 4.76. The first-order valence-electron chi connectivity index (χ1n) is 6.24. The number of carbonyl (C=O) groups excluding carboxylic acids is 1. The number of thiazole rings is 1. The molecule has 1 aliphatic carbocycles. The molecule has 0 aliphatic heterocycles. The van der Waals surface area contributed by atoms with Crippen molar-refractivity contribution in [1.29, 1.82) is 0 Å². The standard InChI is InChI=1S/C14H16N2OS/c1-7-12(9(3)17)8(2)15-13(7)11-6-18-14(16-11)10-4-5-10/h6,10,15H,4-5H2,1-3H3. The van der Waals surface area contributed by atoms with Crippen molar-refractivity contribution in [2.75, 3.05) is 0 Å². The van der Waals surface area contributed by atoms with Gasteiger partial charge in [-0.15, -0.1) is 11.3 Å². The largest absolute Gasteiger partial charge is 0.356 e. The molecule has 0 saturated heterocycles. The van der Waals surface area contributed by atoms with Gasteiger partial charge in [0.2, 0.25) is 0 Å². The lowest BCUT2D eigenvalue weighted by atomic mass is 10.1. The molecule has 2 heterocycles. The zero-order valence-corrected chi connectivity index (χ0v) is 11.6. The zero-order chi connectivity index (χ0) is 12.9. The fourth-order valence-electron chi connectivity index (χ4n) is 2.45. The molecule has 3 rings (SSSR count). The van der Waals surface area contributed by atoms with E-state index in [9.17, 15) is 4.79 Å². The Bertz CT molecular complexity index is 620. The lowest BCUT2D eigenvalue weighted by Crippen LogP contribution is -1.94. The highest BCUT2D eigenvalue weighted by atomic mass is 32.1. The summed E-state index contributed by atoms with van der Waals surface area (Å²) in [6.07, 6.45) is 2.54. The molecule has 1 fully saturated rings. The Kier molecular flexibility index (Phi) is 2.63. The van der Waals surface area contributed by atoms with Crippen LogP contribution >= 0.6 is 11.3 Å². The second kappa shape index (κ2) is 4.05. The van der Waals surface area contributed by atoms with Gasteiger partial charge in [0.05, 0.1) is 16.4 Å². The monoisotopic (exact) mass is 260 g/mol. The number of aromatic nitrogens is 2. The molecule has 0 aromatic carbocycles. The maximum Gasteiger partial charge on any atom is 0.161 e. The van der Waals surface area contributed by atoms with Crippen molar-refractivity contribution in [2.24, 2.45) is 0 Å². The molecular formula is C14H16N2OS. The summed E-state index contributed by atoms with van der Waals surface area (Å²) in [6, 6.07) is 0. The summed E-state index contributed by atoms with van der Waals surface area (Å²) in [5.74, 6) is 0.803. The van der Waals surface area contributed by atoms with Crippen LogP contribution in [0.5, 0.6) is 0 Å². The smallest absolute Gasteiger partial charge is 0.161 e. The van der Waals surface area contributed by atoms with Gasteiger partial charge in [0.1, 0.15) is 0 Å². The van der Waals surface area contributed by atoms with E-state index in [1.54, 1.807) is 18.3 Å². The first kappa shape index (κ1) is 11.7. The molecule has 4 heteroatoms. The van der Waals surface area contributed by atoms with E-state index in [4.69, 9.17) is 4.98 Å². The van der Waals surface area contributed by atoms with Crippen LogP contribution in [0.1, 0.15) is 52.3 Å². The minimum absolute atomic E-state index is 0.116. The third kappa shape index (κ3) is 1.81. The summed E-state index contributed by atoms with van der Waals surface area (Å²) in [5, 5.41) is 3.33. The van der Waals surface area contributed by atoms with Gasteiger partial charge >= 0.3 is 0 Å². The van der Waals surface area contributed by atoms with Crippen LogP contribution in [0.15, 0.2) is 5.38 Å². The number of hydrogen-bond donors (Lipinski definition) is 1. The number of Topliss-reactive ketones (excluding diaryl/α,β-unsaturated/α-hetero) is 1. The number of aromatic amines is 1. The van der Waals surface area contributed by atoms with Crippen LogP contribution in [0, 0.1) is 13.8 Å². The van der Waals surface area contributed by atoms with Gasteiger partial charge in [-0.3, -0.25) is 4.79 Å². The molecule has 0 radical (unpaired) electrons. The Hall–Kier alpha value is -1.42. The second-order valence-electron chi connectivity index (χ2n) is 5.03. The highest BCUT2D eigenvalue weighted by Crippen LogP contribution is 2.42. The van der Waals surface area contributed by atoms with Gasteiger partial charge in [0.25, 0.3) is 0 Å². The van der Waals surface area contributed by atoms with Gasteiger partial charge in [-0.25, -0.2) is 4.98 Å². The molecule has 2 aromatic heterocycles. The van der Waals surface area contributed by atoms with Gasteiger partial charge < -0.3 is 4.98 Å². The van der Waals surface area contributed by atoms with Crippen molar-refractivity contribution in [3.05, 3.63) is 27.2 Å². The van der Waals surface area contributed by atoms with Crippen molar-refractivity contribution in [3.63, 3.8) is 0 Å². The third-order valence-electron chi connectivity index (χ3n) is 3.49. The molecule has 0 spiro atoms. The molecule has 0 unspecified atom stereocenters. The Morgan fingerprint density at radius 2 is 2.17 bits per heavy atom. The van der Waals surface area contributed by atoms with Crippen molar-refractivity contribution in [3.8, 4) is 11.4 Å². The van der Waals surface area contributed by atoms with Gasteiger partial charge in [-0.2, -0.15) is 0 Å². The highest BCUT2D eigenvalue weighted by molar-refractivity contribution is 7.10. The van der Waals surface area contributed by atoms with Crippen LogP contribution in [-0.4, -0.2) is 15.8 Å². The quantitative estimate of drug-likeness (QED) is 0.852. The van der Waals surface area contributed by atoms with Crippen LogP contribution in [0.4, 0.5) is 0 Å². The molecule has 18 heavy (non-hydrogen) atoms. The van der Waals surface area contributed by atoms with Gasteiger partial charge in [-0.1, -0.05) is 0 Å². The van der Waals surface area contributed by atoms with Crippen LogP contribution < -0.4 is 0 Å². The first-order valence-corrected chi connectivity index (χ1v) is 7.11. The second-order valence-corrected chi connectivity index (χ2v) is 5.92. The van der Waals surface area contributed by atoms with E-state index in [0.717, 1.165) is 28.2 Å². The Labute approximate surface area is 110 Å². The Balaban J connectivity index is 2.05. The topological polar surface area (TPSA) is 45.8 Å². The van der Waals surface area contributed by atoms with Crippen molar-refractivity contribution >= 4 is 17.1 Å². The van der Waals surface area contributed by atoms with Crippen molar-refractivity contribution in [2.45, 2.75) is 39.5 Å². The maximum atomic E-state index is 11.6. The lowest BCUT2D eigenvalue weighted by molar-refractivity contribution is 0.101. The molecule has 0 bridgehead atoms. The lowest BCUT2D eigenvalue weighted by Gasteiger charge is -1.96. The number of H-pyrrole nitrogens is 1. The van der Waals surface area contributed by atoms with E-state index in [1.807, 2.05) is 13.8 Å². The predicted molar refractivity (Wildman–Crippen MR) is 73.4 cm³/mol. The van der Waals surface area contributed by atoms with Crippen molar-refractivity contribution < 1.29 is 4.79 Å². The van der Waals surface area contributed by atoms with Crippen LogP contribution in [0.25, 0.3) is 11.4 Å². The summed E-state index contributed by atoms with van der Waals surface area (Å²) in [7, 11) is 0. The number of nitrogens with one attached hydrogen (secondary N) is 1. The Morgan fingerprint density at radius 1 is 1.44 bits per heavy atom. The highest BCUT2D eigenvalue weighted by Gasteiger charge is 2.27. The number of aryl methyl sites for hydroxylation is 1. The van der Waals surface area contributed by atoms with Gasteiger partial charge in [0, 0.05) is 22.6 Å². The number of hydrogen-bond acceptors (Lipinski definition) is 3. The van der Waals surface area contributed by atoms with E-state index in [0.29, 0.717) is 5.92 Å². The van der Waals surface area contributed by atoms with E-state index in [2.05, 4.69) is 10.4 Å². The number of rotatable bonds is 3. The van der Waals surface area contributed by atoms with Crippen LogP contribution in [0.2, 0.25) is 0 Å². The summed E-state index contributed by atoms with van der Waals surface area (Å²) < 4.78 is 0. The number of nitrogens with zero attached hydrogens (tertiary/aromatic N) is 1.